The summed E-state index contributed by atoms with van der Waals surface area (Å²) in [6, 6.07) is 16.3. The molecule has 0 amide bonds. The normalized spacial score (nSPS) is 12.6. The van der Waals surface area contributed by atoms with Gasteiger partial charge in [-0.25, -0.2) is 0 Å². The molecule has 0 fully saturated rings. The van der Waals surface area contributed by atoms with Crippen molar-refractivity contribution in [3.8, 4) is 5.75 Å². The van der Waals surface area contributed by atoms with Gasteiger partial charge in [0.15, 0.2) is 0 Å². The van der Waals surface area contributed by atoms with Crippen LogP contribution in [0.1, 0.15) is 49.4 Å². The molecule has 0 aliphatic heterocycles. The Morgan fingerprint density at radius 3 is 2.20 bits per heavy atom. The van der Waals surface area contributed by atoms with Crippen molar-refractivity contribution < 1.29 is 5.11 Å². The zero-order chi connectivity index (χ0) is 14.5. The summed E-state index contributed by atoms with van der Waals surface area (Å²) in [6.45, 7) is 7.27. The fourth-order valence-corrected chi connectivity index (χ4v) is 2.25. The summed E-state index contributed by atoms with van der Waals surface area (Å²) in [6.07, 6.45) is 0. The van der Waals surface area contributed by atoms with Crippen molar-refractivity contribution in [2.45, 2.75) is 39.3 Å². The van der Waals surface area contributed by atoms with Crippen LogP contribution in [0.3, 0.4) is 0 Å². The maximum absolute atomic E-state index is 9.84. The molecule has 0 bridgehead atoms. The molecule has 2 aromatic rings. The van der Waals surface area contributed by atoms with Gasteiger partial charge in [0, 0.05) is 18.2 Å². The van der Waals surface area contributed by atoms with Crippen LogP contribution in [0.2, 0.25) is 0 Å². The van der Waals surface area contributed by atoms with E-state index in [1.54, 1.807) is 6.07 Å². The molecule has 0 saturated carbocycles. The third-order valence-corrected chi connectivity index (χ3v) is 3.66. The van der Waals surface area contributed by atoms with Crippen molar-refractivity contribution in [3.63, 3.8) is 0 Å². The number of hydrogen-bond acceptors (Lipinski definition) is 2. The van der Waals surface area contributed by atoms with Crippen LogP contribution in [0.25, 0.3) is 0 Å². The van der Waals surface area contributed by atoms with Gasteiger partial charge in [0.1, 0.15) is 5.75 Å². The molecule has 2 heteroatoms. The van der Waals surface area contributed by atoms with E-state index in [1.165, 1.54) is 11.1 Å². The highest BCUT2D eigenvalue weighted by molar-refractivity contribution is 5.34. The van der Waals surface area contributed by atoms with E-state index < -0.39 is 0 Å². The molecule has 0 saturated heterocycles. The van der Waals surface area contributed by atoms with E-state index in [1.807, 2.05) is 18.2 Å². The molecule has 0 aliphatic rings. The topological polar surface area (TPSA) is 32.3 Å². The van der Waals surface area contributed by atoms with Gasteiger partial charge >= 0.3 is 0 Å². The Bertz CT molecular complexity index is 546. The number of aromatic hydroxyl groups is 1. The summed E-state index contributed by atoms with van der Waals surface area (Å²) >= 11 is 0. The molecule has 20 heavy (non-hydrogen) atoms. The van der Waals surface area contributed by atoms with Crippen molar-refractivity contribution in [1.82, 2.24) is 5.32 Å². The van der Waals surface area contributed by atoms with E-state index >= 15 is 0 Å². The van der Waals surface area contributed by atoms with Crippen molar-refractivity contribution in [2.75, 3.05) is 0 Å². The zero-order valence-corrected chi connectivity index (χ0v) is 12.4. The maximum Gasteiger partial charge on any atom is 0.120 e. The first-order chi connectivity index (χ1) is 9.58. The molecule has 1 atom stereocenters. The summed E-state index contributed by atoms with van der Waals surface area (Å²) in [5, 5.41) is 13.3. The predicted octanol–water partition coefficient (Wildman–Crippen LogP) is 4.37. The molecule has 1 unspecified atom stereocenters. The Hall–Kier alpha value is -1.80. The van der Waals surface area contributed by atoms with Crippen molar-refractivity contribution >= 4 is 0 Å². The first kappa shape index (κ1) is 14.6. The van der Waals surface area contributed by atoms with Gasteiger partial charge in [-0.3, -0.25) is 0 Å². The Kier molecular flexibility index (Phi) is 4.80. The lowest BCUT2D eigenvalue weighted by molar-refractivity contribution is 0.452. The Labute approximate surface area is 121 Å². The first-order valence-electron chi connectivity index (χ1n) is 7.18. The van der Waals surface area contributed by atoms with Gasteiger partial charge in [-0.2, -0.15) is 0 Å². The predicted molar refractivity (Wildman–Crippen MR) is 83.9 cm³/mol. The molecule has 0 radical (unpaired) electrons. The van der Waals surface area contributed by atoms with E-state index in [4.69, 9.17) is 0 Å². The van der Waals surface area contributed by atoms with E-state index in [-0.39, 0.29) is 6.04 Å². The number of phenols is 1. The quantitative estimate of drug-likeness (QED) is 0.845. The SMILES string of the molecule is CC(C)c1ccc(CNC(C)c2ccccc2O)cc1. The number of hydrogen-bond donors (Lipinski definition) is 2. The van der Waals surface area contributed by atoms with E-state index in [2.05, 4.69) is 50.4 Å². The third-order valence-electron chi connectivity index (χ3n) is 3.66. The fraction of sp³-hybridized carbons (Fsp3) is 0.333. The van der Waals surface area contributed by atoms with Gasteiger partial charge in [0.25, 0.3) is 0 Å². The molecule has 0 aromatic heterocycles. The molecule has 106 valence electrons. The van der Waals surface area contributed by atoms with Crippen LogP contribution in [0, 0.1) is 0 Å². The van der Waals surface area contributed by atoms with Gasteiger partial charge in [0.2, 0.25) is 0 Å². The fourth-order valence-electron chi connectivity index (χ4n) is 2.25. The van der Waals surface area contributed by atoms with Crippen LogP contribution in [-0.2, 0) is 6.54 Å². The largest absolute Gasteiger partial charge is 0.508 e. The first-order valence-corrected chi connectivity index (χ1v) is 7.18. The average molecular weight is 269 g/mol. The average Bonchev–Trinajstić information content (AvgIpc) is 2.45. The molecule has 2 nitrogen and oxygen atoms in total. The standard InChI is InChI=1S/C18H23NO/c1-13(2)16-10-8-15(9-11-16)12-19-14(3)17-6-4-5-7-18(17)20/h4-11,13-14,19-20H,12H2,1-3H3. The zero-order valence-electron chi connectivity index (χ0n) is 12.4. The van der Waals surface area contributed by atoms with E-state index in [9.17, 15) is 5.11 Å². The third kappa shape index (κ3) is 3.61. The van der Waals surface area contributed by atoms with Crippen LogP contribution in [-0.4, -0.2) is 5.11 Å². The van der Waals surface area contributed by atoms with Crippen molar-refractivity contribution in [2.24, 2.45) is 0 Å². The summed E-state index contributed by atoms with van der Waals surface area (Å²) < 4.78 is 0. The maximum atomic E-state index is 9.84. The number of phenolic OH excluding ortho intramolecular Hbond substituents is 1. The summed E-state index contributed by atoms with van der Waals surface area (Å²) in [5.74, 6) is 0.917. The van der Waals surface area contributed by atoms with Crippen molar-refractivity contribution in [1.29, 1.82) is 0 Å². The van der Waals surface area contributed by atoms with E-state index in [0.29, 0.717) is 11.7 Å². The lowest BCUT2D eigenvalue weighted by Crippen LogP contribution is -2.18. The summed E-state index contributed by atoms with van der Waals surface area (Å²) in [5.41, 5.74) is 3.56. The van der Waals surface area contributed by atoms with Crippen LogP contribution in [0.4, 0.5) is 0 Å². The molecular weight excluding hydrogens is 246 g/mol. The highest BCUT2D eigenvalue weighted by atomic mass is 16.3. The molecule has 2 N–H and O–H groups in total. The van der Waals surface area contributed by atoms with Crippen LogP contribution in [0.5, 0.6) is 5.75 Å². The second kappa shape index (κ2) is 6.58. The van der Waals surface area contributed by atoms with Gasteiger partial charge in [-0.15, -0.1) is 0 Å². The second-order valence-electron chi connectivity index (χ2n) is 5.56. The highest BCUT2D eigenvalue weighted by Crippen LogP contribution is 2.23. The summed E-state index contributed by atoms with van der Waals surface area (Å²) in [7, 11) is 0. The Morgan fingerprint density at radius 2 is 1.60 bits per heavy atom. The number of benzene rings is 2. The molecule has 0 spiro atoms. The lowest BCUT2D eigenvalue weighted by atomic mass is 10.0. The number of rotatable bonds is 5. The second-order valence-corrected chi connectivity index (χ2v) is 5.56. The minimum atomic E-state index is 0.126. The van der Waals surface area contributed by atoms with Crippen LogP contribution >= 0.6 is 0 Å². The smallest absolute Gasteiger partial charge is 0.120 e. The van der Waals surface area contributed by atoms with Crippen LogP contribution in [0.15, 0.2) is 48.5 Å². The Morgan fingerprint density at radius 1 is 0.950 bits per heavy atom. The van der Waals surface area contributed by atoms with Gasteiger partial charge in [-0.1, -0.05) is 56.3 Å². The molecule has 2 rings (SSSR count). The molecular formula is C18H23NO. The monoisotopic (exact) mass is 269 g/mol. The van der Waals surface area contributed by atoms with Gasteiger partial charge < -0.3 is 10.4 Å². The minimum Gasteiger partial charge on any atom is -0.508 e. The van der Waals surface area contributed by atoms with Gasteiger partial charge in [0.05, 0.1) is 0 Å². The number of para-hydroxylation sites is 1. The van der Waals surface area contributed by atoms with E-state index in [0.717, 1.165) is 12.1 Å². The Balaban J connectivity index is 1.96. The lowest BCUT2D eigenvalue weighted by Gasteiger charge is -2.16. The number of nitrogens with one attached hydrogen (secondary N) is 1. The van der Waals surface area contributed by atoms with Gasteiger partial charge in [-0.05, 0) is 30.0 Å². The summed E-state index contributed by atoms with van der Waals surface area (Å²) in [4.78, 5) is 0. The molecule has 0 heterocycles. The minimum absolute atomic E-state index is 0.126. The van der Waals surface area contributed by atoms with Crippen molar-refractivity contribution in [3.05, 3.63) is 65.2 Å². The van der Waals surface area contributed by atoms with Crippen LogP contribution < -0.4 is 5.32 Å². The molecule has 0 aliphatic carbocycles. The molecule has 2 aromatic carbocycles. The highest BCUT2D eigenvalue weighted by Gasteiger charge is 2.08.